The van der Waals surface area contributed by atoms with Gasteiger partial charge in [-0.15, -0.1) is 0 Å². The molecule has 0 saturated heterocycles. The summed E-state index contributed by atoms with van der Waals surface area (Å²) in [5.74, 6) is 0.316. The van der Waals surface area contributed by atoms with E-state index in [1.54, 1.807) is 0 Å². The lowest BCUT2D eigenvalue weighted by Gasteiger charge is -2.22. The highest BCUT2D eigenvalue weighted by Gasteiger charge is 2.18. The Bertz CT molecular complexity index is 255. The van der Waals surface area contributed by atoms with Gasteiger partial charge < -0.3 is 5.11 Å². The second-order valence-corrected chi connectivity index (χ2v) is 4.16. The van der Waals surface area contributed by atoms with E-state index in [4.69, 9.17) is 0 Å². The zero-order chi connectivity index (χ0) is 11.1. The van der Waals surface area contributed by atoms with E-state index in [1.807, 2.05) is 6.07 Å². The van der Waals surface area contributed by atoms with Crippen molar-refractivity contribution in [3.05, 3.63) is 35.9 Å². The van der Waals surface area contributed by atoms with Crippen molar-refractivity contribution in [2.45, 2.75) is 51.6 Å². The van der Waals surface area contributed by atoms with Crippen molar-refractivity contribution < 1.29 is 5.11 Å². The van der Waals surface area contributed by atoms with E-state index in [1.165, 1.54) is 5.56 Å². The average Bonchev–Trinajstić information content (AvgIpc) is 2.27. The summed E-state index contributed by atoms with van der Waals surface area (Å²) in [5.41, 5.74) is 1.28. The lowest BCUT2D eigenvalue weighted by molar-refractivity contribution is 0.128. The number of aliphatic hydroxyl groups excluding tert-OH is 1. The topological polar surface area (TPSA) is 20.2 Å². The van der Waals surface area contributed by atoms with Crippen LogP contribution in [0.25, 0.3) is 0 Å². The molecular weight excluding hydrogens is 184 g/mol. The molecule has 1 rings (SSSR count). The van der Waals surface area contributed by atoms with Crippen LogP contribution < -0.4 is 0 Å². The third-order valence-corrected chi connectivity index (χ3v) is 2.88. The SMILES string of the molecule is CCCC(O)C(CCC)c1ccccc1. The number of aliphatic hydroxyl groups is 1. The van der Waals surface area contributed by atoms with E-state index in [0.717, 1.165) is 25.7 Å². The Labute approximate surface area is 93.1 Å². The summed E-state index contributed by atoms with van der Waals surface area (Å²) in [4.78, 5) is 0. The molecule has 15 heavy (non-hydrogen) atoms. The molecule has 0 radical (unpaired) electrons. The first-order valence-electron chi connectivity index (χ1n) is 6.02. The Kier molecular flexibility index (Phi) is 5.41. The van der Waals surface area contributed by atoms with Gasteiger partial charge in [-0.1, -0.05) is 57.0 Å². The zero-order valence-electron chi connectivity index (χ0n) is 9.82. The largest absolute Gasteiger partial charge is 0.392 e. The fourth-order valence-electron chi connectivity index (χ4n) is 2.09. The lowest BCUT2D eigenvalue weighted by atomic mass is 9.87. The highest BCUT2D eigenvalue weighted by molar-refractivity contribution is 5.20. The van der Waals surface area contributed by atoms with Gasteiger partial charge in [0.2, 0.25) is 0 Å². The van der Waals surface area contributed by atoms with E-state index in [2.05, 4.69) is 38.1 Å². The summed E-state index contributed by atoms with van der Waals surface area (Å²) in [5, 5.41) is 10.1. The highest BCUT2D eigenvalue weighted by atomic mass is 16.3. The van der Waals surface area contributed by atoms with Crippen LogP contribution in [0.2, 0.25) is 0 Å². The summed E-state index contributed by atoms with van der Waals surface area (Å²) >= 11 is 0. The summed E-state index contributed by atoms with van der Waals surface area (Å²) in [6, 6.07) is 10.4. The van der Waals surface area contributed by atoms with Crippen LogP contribution >= 0.6 is 0 Å². The molecule has 1 aromatic carbocycles. The van der Waals surface area contributed by atoms with E-state index in [0.29, 0.717) is 5.92 Å². The smallest absolute Gasteiger partial charge is 0.0608 e. The van der Waals surface area contributed by atoms with E-state index >= 15 is 0 Å². The molecule has 84 valence electrons. The summed E-state index contributed by atoms with van der Waals surface area (Å²) in [6.45, 7) is 4.30. The molecule has 0 bridgehead atoms. The average molecular weight is 206 g/mol. The van der Waals surface area contributed by atoms with Crippen LogP contribution in [0.5, 0.6) is 0 Å². The van der Waals surface area contributed by atoms with Gasteiger partial charge in [0.15, 0.2) is 0 Å². The number of benzene rings is 1. The second-order valence-electron chi connectivity index (χ2n) is 4.16. The van der Waals surface area contributed by atoms with Gasteiger partial charge in [-0.2, -0.15) is 0 Å². The predicted octanol–water partition coefficient (Wildman–Crippen LogP) is 3.73. The Morgan fingerprint density at radius 2 is 1.60 bits per heavy atom. The van der Waals surface area contributed by atoms with Gasteiger partial charge in [-0.3, -0.25) is 0 Å². The molecule has 1 nitrogen and oxygen atoms in total. The molecule has 1 aromatic rings. The van der Waals surface area contributed by atoms with E-state index in [-0.39, 0.29) is 6.10 Å². The molecule has 0 aliphatic rings. The monoisotopic (exact) mass is 206 g/mol. The highest BCUT2D eigenvalue weighted by Crippen LogP contribution is 2.27. The van der Waals surface area contributed by atoms with Gasteiger partial charge in [0.05, 0.1) is 6.10 Å². The van der Waals surface area contributed by atoms with Crippen molar-refractivity contribution in [2.75, 3.05) is 0 Å². The Hall–Kier alpha value is -0.820. The molecule has 0 amide bonds. The molecule has 0 aromatic heterocycles. The van der Waals surface area contributed by atoms with Crippen LogP contribution in [0.1, 0.15) is 51.0 Å². The van der Waals surface area contributed by atoms with Crippen molar-refractivity contribution in [3.63, 3.8) is 0 Å². The Balaban J connectivity index is 2.73. The lowest BCUT2D eigenvalue weighted by Crippen LogP contribution is -2.18. The first-order chi connectivity index (χ1) is 7.29. The van der Waals surface area contributed by atoms with Gasteiger partial charge in [0.25, 0.3) is 0 Å². The van der Waals surface area contributed by atoms with Gasteiger partial charge in [-0.25, -0.2) is 0 Å². The van der Waals surface area contributed by atoms with Crippen molar-refractivity contribution in [2.24, 2.45) is 0 Å². The minimum Gasteiger partial charge on any atom is -0.392 e. The fraction of sp³-hybridized carbons (Fsp3) is 0.571. The van der Waals surface area contributed by atoms with E-state index in [9.17, 15) is 5.11 Å². The number of hydrogen-bond donors (Lipinski definition) is 1. The normalized spacial score (nSPS) is 14.9. The van der Waals surface area contributed by atoms with Crippen molar-refractivity contribution in [3.8, 4) is 0 Å². The third kappa shape index (κ3) is 3.67. The van der Waals surface area contributed by atoms with Gasteiger partial charge in [0, 0.05) is 5.92 Å². The van der Waals surface area contributed by atoms with Gasteiger partial charge in [-0.05, 0) is 18.4 Å². The molecule has 0 aliphatic heterocycles. The summed E-state index contributed by atoms with van der Waals surface area (Å²) in [7, 11) is 0. The van der Waals surface area contributed by atoms with Gasteiger partial charge >= 0.3 is 0 Å². The molecule has 1 heteroatoms. The fourth-order valence-corrected chi connectivity index (χ4v) is 2.09. The Morgan fingerprint density at radius 1 is 1.00 bits per heavy atom. The maximum absolute atomic E-state index is 10.1. The van der Waals surface area contributed by atoms with E-state index < -0.39 is 0 Å². The Morgan fingerprint density at radius 3 is 2.13 bits per heavy atom. The summed E-state index contributed by atoms with van der Waals surface area (Å²) in [6.07, 6.45) is 3.97. The number of hydrogen-bond acceptors (Lipinski definition) is 1. The quantitative estimate of drug-likeness (QED) is 0.752. The van der Waals surface area contributed by atoms with Crippen LogP contribution in [0.3, 0.4) is 0 Å². The molecule has 2 unspecified atom stereocenters. The van der Waals surface area contributed by atoms with Crippen molar-refractivity contribution in [1.29, 1.82) is 0 Å². The second kappa shape index (κ2) is 6.62. The molecule has 0 spiro atoms. The molecule has 1 N–H and O–H groups in total. The maximum atomic E-state index is 10.1. The first-order valence-corrected chi connectivity index (χ1v) is 6.02. The molecule has 0 heterocycles. The van der Waals surface area contributed by atoms with Crippen LogP contribution in [0.4, 0.5) is 0 Å². The van der Waals surface area contributed by atoms with Crippen LogP contribution in [0.15, 0.2) is 30.3 Å². The molecule has 0 aliphatic carbocycles. The van der Waals surface area contributed by atoms with Crippen LogP contribution in [0, 0.1) is 0 Å². The standard InChI is InChI=1S/C14H22O/c1-3-8-13(14(15)9-4-2)12-10-6-5-7-11-12/h5-7,10-11,13-15H,3-4,8-9H2,1-2H3. The minimum absolute atomic E-state index is 0.183. The predicted molar refractivity (Wildman–Crippen MR) is 65.0 cm³/mol. The summed E-state index contributed by atoms with van der Waals surface area (Å²) < 4.78 is 0. The first kappa shape index (κ1) is 12.3. The molecule has 2 atom stereocenters. The minimum atomic E-state index is -0.183. The van der Waals surface area contributed by atoms with Crippen molar-refractivity contribution in [1.82, 2.24) is 0 Å². The molecular formula is C14H22O. The van der Waals surface area contributed by atoms with Crippen LogP contribution in [-0.2, 0) is 0 Å². The van der Waals surface area contributed by atoms with Gasteiger partial charge in [0.1, 0.15) is 0 Å². The molecule has 0 fully saturated rings. The van der Waals surface area contributed by atoms with Crippen molar-refractivity contribution >= 4 is 0 Å². The molecule has 0 saturated carbocycles. The maximum Gasteiger partial charge on any atom is 0.0608 e. The van der Waals surface area contributed by atoms with Crippen LogP contribution in [-0.4, -0.2) is 11.2 Å². The zero-order valence-corrected chi connectivity index (χ0v) is 9.82. The number of rotatable bonds is 6. The third-order valence-electron chi connectivity index (χ3n) is 2.88.